The van der Waals surface area contributed by atoms with Crippen molar-refractivity contribution >= 4 is 5.96 Å². The highest BCUT2D eigenvalue weighted by Gasteiger charge is 2.45. The SMILES string of the molecule is NC(=NCC1CCC1)N[C@@H]1C[C@H]1C1CCC1. The van der Waals surface area contributed by atoms with Crippen molar-refractivity contribution in [3.8, 4) is 0 Å². The molecule has 3 heteroatoms. The van der Waals surface area contributed by atoms with Gasteiger partial charge in [-0.3, -0.25) is 4.99 Å². The van der Waals surface area contributed by atoms with Gasteiger partial charge in [-0.2, -0.15) is 0 Å². The van der Waals surface area contributed by atoms with Crippen molar-refractivity contribution in [1.82, 2.24) is 5.32 Å². The van der Waals surface area contributed by atoms with E-state index in [0.717, 1.165) is 24.3 Å². The third kappa shape index (κ3) is 2.18. The normalized spacial score (nSPS) is 35.4. The van der Waals surface area contributed by atoms with Crippen molar-refractivity contribution in [3.05, 3.63) is 0 Å². The molecular formula is C13H23N3. The Morgan fingerprint density at radius 1 is 1.19 bits per heavy atom. The van der Waals surface area contributed by atoms with Crippen LogP contribution in [0.5, 0.6) is 0 Å². The Labute approximate surface area is 97.9 Å². The fourth-order valence-electron chi connectivity index (χ4n) is 2.91. The van der Waals surface area contributed by atoms with E-state index in [0.29, 0.717) is 12.0 Å². The first kappa shape index (κ1) is 10.4. The van der Waals surface area contributed by atoms with E-state index in [1.54, 1.807) is 0 Å². The van der Waals surface area contributed by atoms with E-state index in [-0.39, 0.29) is 0 Å². The second-order valence-corrected chi connectivity index (χ2v) is 5.86. The molecule has 0 saturated heterocycles. The molecule has 0 aromatic heterocycles. The van der Waals surface area contributed by atoms with Gasteiger partial charge in [-0.25, -0.2) is 0 Å². The van der Waals surface area contributed by atoms with E-state index in [1.165, 1.54) is 44.9 Å². The molecule has 90 valence electrons. The zero-order valence-electron chi connectivity index (χ0n) is 9.99. The highest BCUT2D eigenvalue weighted by Crippen LogP contribution is 2.46. The van der Waals surface area contributed by atoms with Gasteiger partial charge >= 0.3 is 0 Å². The Balaban J connectivity index is 1.37. The summed E-state index contributed by atoms with van der Waals surface area (Å²) in [6.07, 6.45) is 9.75. The van der Waals surface area contributed by atoms with Crippen LogP contribution in [-0.2, 0) is 0 Å². The Kier molecular flexibility index (Phi) is 2.78. The lowest BCUT2D eigenvalue weighted by Crippen LogP contribution is -2.36. The van der Waals surface area contributed by atoms with Gasteiger partial charge in [0, 0.05) is 12.6 Å². The average molecular weight is 221 g/mol. The van der Waals surface area contributed by atoms with E-state index in [4.69, 9.17) is 5.73 Å². The molecule has 0 aliphatic heterocycles. The molecule has 3 fully saturated rings. The molecule has 3 N–H and O–H groups in total. The minimum absolute atomic E-state index is 0.649. The van der Waals surface area contributed by atoms with Crippen LogP contribution in [0.4, 0.5) is 0 Å². The van der Waals surface area contributed by atoms with Gasteiger partial charge in [0.25, 0.3) is 0 Å². The molecule has 0 spiro atoms. The Morgan fingerprint density at radius 3 is 2.50 bits per heavy atom. The largest absolute Gasteiger partial charge is 0.370 e. The van der Waals surface area contributed by atoms with E-state index >= 15 is 0 Å². The van der Waals surface area contributed by atoms with Crippen molar-refractivity contribution in [2.24, 2.45) is 28.5 Å². The Morgan fingerprint density at radius 2 is 1.94 bits per heavy atom. The molecule has 0 unspecified atom stereocenters. The number of hydrogen-bond acceptors (Lipinski definition) is 1. The third-order valence-electron chi connectivity index (χ3n) is 4.67. The predicted octanol–water partition coefficient (Wildman–Crippen LogP) is 1.88. The fourth-order valence-corrected chi connectivity index (χ4v) is 2.91. The van der Waals surface area contributed by atoms with Crippen molar-refractivity contribution in [1.29, 1.82) is 0 Å². The number of aliphatic imine (C=N–C) groups is 1. The number of nitrogens with two attached hydrogens (primary N) is 1. The maximum atomic E-state index is 5.90. The van der Waals surface area contributed by atoms with Crippen LogP contribution < -0.4 is 11.1 Å². The zero-order valence-corrected chi connectivity index (χ0v) is 9.99. The number of nitrogens with zero attached hydrogens (tertiary/aromatic N) is 1. The summed E-state index contributed by atoms with van der Waals surface area (Å²) < 4.78 is 0. The highest BCUT2D eigenvalue weighted by molar-refractivity contribution is 5.78. The maximum absolute atomic E-state index is 5.90. The quantitative estimate of drug-likeness (QED) is 0.562. The number of rotatable bonds is 4. The zero-order chi connectivity index (χ0) is 11.0. The standard InChI is InChI=1S/C13H23N3/c14-13(15-8-9-3-1-4-9)16-12-7-11(12)10-5-2-6-10/h9-12H,1-8H2,(H3,14,15,16)/t11-,12+/m0/s1. The van der Waals surface area contributed by atoms with Gasteiger partial charge in [-0.15, -0.1) is 0 Å². The van der Waals surface area contributed by atoms with E-state index in [2.05, 4.69) is 10.3 Å². The number of hydrogen-bond donors (Lipinski definition) is 2. The lowest BCUT2D eigenvalue weighted by Gasteiger charge is -2.25. The molecule has 16 heavy (non-hydrogen) atoms. The van der Waals surface area contributed by atoms with E-state index in [1.807, 2.05) is 0 Å². The minimum atomic E-state index is 0.649. The number of nitrogens with one attached hydrogen (secondary N) is 1. The van der Waals surface area contributed by atoms with Gasteiger partial charge in [0.15, 0.2) is 5.96 Å². The van der Waals surface area contributed by atoms with Crippen molar-refractivity contribution in [2.75, 3.05) is 6.54 Å². The predicted molar refractivity (Wildman–Crippen MR) is 66.2 cm³/mol. The second kappa shape index (κ2) is 4.27. The van der Waals surface area contributed by atoms with Crippen LogP contribution in [0.25, 0.3) is 0 Å². The summed E-state index contributed by atoms with van der Waals surface area (Å²) in [4.78, 5) is 4.45. The van der Waals surface area contributed by atoms with Gasteiger partial charge in [0.05, 0.1) is 0 Å². The molecule has 0 heterocycles. The van der Waals surface area contributed by atoms with Crippen molar-refractivity contribution in [3.63, 3.8) is 0 Å². The molecule has 0 amide bonds. The third-order valence-corrected chi connectivity index (χ3v) is 4.67. The van der Waals surface area contributed by atoms with Crippen molar-refractivity contribution < 1.29 is 0 Å². The van der Waals surface area contributed by atoms with Crippen molar-refractivity contribution in [2.45, 2.75) is 51.0 Å². The summed E-state index contributed by atoms with van der Waals surface area (Å²) in [6.45, 7) is 0.944. The molecule has 0 aromatic rings. The van der Waals surface area contributed by atoms with Gasteiger partial charge < -0.3 is 11.1 Å². The Bertz CT molecular complexity index is 279. The van der Waals surface area contributed by atoms with Crippen LogP contribution in [0.1, 0.15) is 44.9 Å². The molecule has 2 atom stereocenters. The fraction of sp³-hybridized carbons (Fsp3) is 0.923. The summed E-state index contributed by atoms with van der Waals surface area (Å²) in [5.41, 5.74) is 5.90. The van der Waals surface area contributed by atoms with Gasteiger partial charge in [-0.05, 0) is 37.0 Å². The molecule has 0 aromatic carbocycles. The molecule has 3 rings (SSSR count). The van der Waals surface area contributed by atoms with E-state index < -0.39 is 0 Å². The van der Waals surface area contributed by atoms with E-state index in [9.17, 15) is 0 Å². The molecule has 3 aliphatic rings. The molecule has 0 bridgehead atoms. The monoisotopic (exact) mass is 221 g/mol. The smallest absolute Gasteiger partial charge is 0.188 e. The summed E-state index contributed by atoms with van der Waals surface area (Å²) >= 11 is 0. The Hall–Kier alpha value is -0.730. The highest BCUT2D eigenvalue weighted by atomic mass is 15.1. The molecule has 3 nitrogen and oxygen atoms in total. The topological polar surface area (TPSA) is 50.4 Å². The first-order valence-corrected chi connectivity index (χ1v) is 6.89. The lowest BCUT2D eigenvalue weighted by atomic mass is 9.81. The van der Waals surface area contributed by atoms with Crippen LogP contribution in [0.2, 0.25) is 0 Å². The molecular weight excluding hydrogens is 198 g/mol. The maximum Gasteiger partial charge on any atom is 0.188 e. The number of guanidine groups is 1. The molecule has 3 saturated carbocycles. The van der Waals surface area contributed by atoms with Gasteiger partial charge in [0.2, 0.25) is 0 Å². The second-order valence-electron chi connectivity index (χ2n) is 5.86. The van der Waals surface area contributed by atoms with Crippen LogP contribution in [0, 0.1) is 17.8 Å². The first-order chi connectivity index (χ1) is 7.83. The summed E-state index contributed by atoms with van der Waals surface area (Å²) in [7, 11) is 0. The van der Waals surface area contributed by atoms with Crippen LogP contribution in [-0.4, -0.2) is 18.5 Å². The molecule has 3 aliphatic carbocycles. The summed E-state index contributed by atoms with van der Waals surface area (Å²) in [6, 6.07) is 0.649. The van der Waals surface area contributed by atoms with Crippen LogP contribution in [0.15, 0.2) is 4.99 Å². The first-order valence-electron chi connectivity index (χ1n) is 6.89. The summed E-state index contributed by atoms with van der Waals surface area (Å²) in [5.74, 6) is 3.42. The van der Waals surface area contributed by atoms with Gasteiger partial charge in [-0.1, -0.05) is 25.7 Å². The average Bonchev–Trinajstić information content (AvgIpc) is 2.78. The lowest BCUT2D eigenvalue weighted by molar-refractivity contribution is 0.271. The summed E-state index contributed by atoms with van der Waals surface area (Å²) in [5, 5.41) is 3.38. The van der Waals surface area contributed by atoms with Gasteiger partial charge in [0.1, 0.15) is 0 Å². The molecule has 0 radical (unpaired) electrons. The minimum Gasteiger partial charge on any atom is -0.370 e. The van der Waals surface area contributed by atoms with Crippen LogP contribution in [0.3, 0.4) is 0 Å². The van der Waals surface area contributed by atoms with Crippen LogP contribution >= 0.6 is 0 Å².